The maximum Gasteiger partial charge on any atom is 0.222 e. The van der Waals surface area contributed by atoms with Gasteiger partial charge in [-0.25, -0.2) is 0 Å². The van der Waals surface area contributed by atoms with Crippen molar-refractivity contribution in [2.75, 3.05) is 13.2 Å². The Morgan fingerprint density at radius 2 is 2.20 bits per heavy atom. The monoisotopic (exact) mass is 273 g/mol. The molecule has 0 saturated carbocycles. The Morgan fingerprint density at radius 3 is 2.95 bits per heavy atom. The van der Waals surface area contributed by atoms with Gasteiger partial charge in [0.2, 0.25) is 5.91 Å². The number of aryl methyl sites for hydroxylation is 1. The van der Waals surface area contributed by atoms with Crippen LogP contribution < -0.4 is 0 Å². The second-order valence-corrected chi connectivity index (χ2v) is 6.19. The summed E-state index contributed by atoms with van der Waals surface area (Å²) in [4.78, 5) is 14.3. The van der Waals surface area contributed by atoms with Crippen LogP contribution in [0.1, 0.15) is 43.2 Å². The van der Waals surface area contributed by atoms with Crippen LogP contribution in [-0.4, -0.2) is 29.6 Å². The van der Waals surface area contributed by atoms with Crippen LogP contribution in [0.5, 0.6) is 0 Å². The molecule has 3 heteroatoms. The van der Waals surface area contributed by atoms with E-state index in [4.69, 9.17) is 4.74 Å². The first-order valence-corrected chi connectivity index (χ1v) is 7.64. The van der Waals surface area contributed by atoms with Crippen LogP contribution in [0.2, 0.25) is 0 Å². The van der Waals surface area contributed by atoms with E-state index in [1.807, 2.05) is 4.90 Å². The Balaban J connectivity index is 1.69. The minimum Gasteiger partial charge on any atom is -0.375 e. The van der Waals surface area contributed by atoms with Gasteiger partial charge in [0.15, 0.2) is 0 Å². The first-order valence-electron chi connectivity index (χ1n) is 7.64. The largest absolute Gasteiger partial charge is 0.375 e. The van der Waals surface area contributed by atoms with E-state index in [9.17, 15) is 4.79 Å². The van der Waals surface area contributed by atoms with Crippen LogP contribution in [0.3, 0.4) is 0 Å². The summed E-state index contributed by atoms with van der Waals surface area (Å²) >= 11 is 0. The van der Waals surface area contributed by atoms with Crippen molar-refractivity contribution in [3.63, 3.8) is 0 Å². The first-order chi connectivity index (χ1) is 9.67. The minimum atomic E-state index is -0.00296. The molecule has 2 saturated heterocycles. The molecular weight excluding hydrogens is 250 g/mol. The molecule has 0 radical (unpaired) electrons. The number of benzene rings is 1. The fourth-order valence-electron chi connectivity index (χ4n) is 3.43. The van der Waals surface area contributed by atoms with Gasteiger partial charge in [0.1, 0.15) is 0 Å². The quantitative estimate of drug-likeness (QED) is 0.829. The number of carbonyl (C=O) groups excluding carboxylic acids is 1. The summed E-state index contributed by atoms with van der Waals surface area (Å²) in [6, 6.07) is 8.43. The molecule has 1 aromatic rings. The van der Waals surface area contributed by atoms with Gasteiger partial charge in [0.25, 0.3) is 0 Å². The molecule has 20 heavy (non-hydrogen) atoms. The van der Waals surface area contributed by atoms with E-state index in [1.165, 1.54) is 11.1 Å². The van der Waals surface area contributed by atoms with Crippen LogP contribution >= 0.6 is 0 Å². The van der Waals surface area contributed by atoms with Crippen LogP contribution in [0.15, 0.2) is 24.3 Å². The van der Waals surface area contributed by atoms with E-state index in [0.717, 1.165) is 45.4 Å². The minimum absolute atomic E-state index is 0.00296. The number of hydrogen-bond donors (Lipinski definition) is 0. The second-order valence-electron chi connectivity index (χ2n) is 6.19. The fraction of sp³-hybridized carbons (Fsp3) is 0.588. The molecule has 108 valence electrons. The van der Waals surface area contributed by atoms with Gasteiger partial charge in [-0.15, -0.1) is 0 Å². The molecule has 0 unspecified atom stereocenters. The number of ether oxygens (including phenoxy) is 1. The lowest BCUT2D eigenvalue weighted by molar-refractivity contribution is -0.131. The number of rotatable bonds is 2. The zero-order valence-electron chi connectivity index (χ0n) is 12.2. The zero-order valence-corrected chi connectivity index (χ0v) is 12.2. The Hall–Kier alpha value is -1.35. The Bertz CT molecular complexity index is 492. The van der Waals surface area contributed by atoms with Crippen LogP contribution in [0, 0.1) is 6.92 Å². The van der Waals surface area contributed by atoms with Gasteiger partial charge in [-0.2, -0.15) is 0 Å². The summed E-state index contributed by atoms with van der Waals surface area (Å²) in [5.41, 5.74) is 2.47. The average molecular weight is 273 g/mol. The van der Waals surface area contributed by atoms with Crippen molar-refractivity contribution in [1.82, 2.24) is 4.90 Å². The molecule has 1 spiro atoms. The molecule has 2 aliphatic heterocycles. The van der Waals surface area contributed by atoms with Crippen molar-refractivity contribution in [2.45, 2.75) is 51.2 Å². The summed E-state index contributed by atoms with van der Waals surface area (Å²) < 4.78 is 5.95. The van der Waals surface area contributed by atoms with Crippen LogP contribution in [-0.2, 0) is 16.1 Å². The summed E-state index contributed by atoms with van der Waals surface area (Å²) in [5, 5.41) is 0. The van der Waals surface area contributed by atoms with Crippen molar-refractivity contribution in [1.29, 1.82) is 0 Å². The highest BCUT2D eigenvalue weighted by Gasteiger charge is 2.38. The lowest BCUT2D eigenvalue weighted by Gasteiger charge is -2.26. The lowest BCUT2D eigenvalue weighted by atomic mass is 9.92. The van der Waals surface area contributed by atoms with E-state index in [0.29, 0.717) is 6.42 Å². The first kappa shape index (κ1) is 13.6. The highest BCUT2D eigenvalue weighted by Crippen LogP contribution is 2.36. The van der Waals surface area contributed by atoms with Gasteiger partial charge in [0, 0.05) is 26.1 Å². The fourth-order valence-corrected chi connectivity index (χ4v) is 3.43. The lowest BCUT2D eigenvalue weighted by Crippen LogP contribution is -2.32. The van der Waals surface area contributed by atoms with Crippen molar-refractivity contribution >= 4 is 5.91 Å². The van der Waals surface area contributed by atoms with Crippen molar-refractivity contribution in [3.05, 3.63) is 35.4 Å². The molecule has 3 nitrogen and oxygen atoms in total. The number of carbonyl (C=O) groups is 1. The maximum absolute atomic E-state index is 12.3. The third-order valence-corrected chi connectivity index (χ3v) is 4.63. The maximum atomic E-state index is 12.3. The normalized spacial score (nSPS) is 27.1. The topological polar surface area (TPSA) is 29.5 Å². The van der Waals surface area contributed by atoms with E-state index in [1.54, 1.807) is 0 Å². The Kier molecular flexibility index (Phi) is 3.79. The van der Waals surface area contributed by atoms with Crippen LogP contribution in [0.25, 0.3) is 0 Å². The molecular formula is C17H23NO2. The van der Waals surface area contributed by atoms with E-state index >= 15 is 0 Å². The summed E-state index contributed by atoms with van der Waals surface area (Å²) in [6.07, 6.45) is 4.79. The zero-order chi connectivity index (χ0) is 14.0. The van der Waals surface area contributed by atoms with Gasteiger partial charge in [0.05, 0.1) is 5.60 Å². The number of amides is 1. The predicted octanol–water partition coefficient (Wildman–Crippen LogP) is 3.06. The highest BCUT2D eigenvalue weighted by molar-refractivity contribution is 5.76. The van der Waals surface area contributed by atoms with Gasteiger partial charge in [-0.3, -0.25) is 4.79 Å². The standard InChI is InChI=1S/C17H23NO2/c1-14-4-2-5-15(12-14)13-18-10-9-17(7-3-11-20-17)8-6-16(18)19/h2,4-5,12H,3,6-11,13H2,1H3/t17-/m0/s1. The molecule has 2 aliphatic rings. The van der Waals surface area contributed by atoms with Gasteiger partial charge < -0.3 is 9.64 Å². The van der Waals surface area contributed by atoms with Crippen molar-refractivity contribution < 1.29 is 9.53 Å². The van der Waals surface area contributed by atoms with Crippen LogP contribution in [0.4, 0.5) is 0 Å². The molecule has 0 aromatic heterocycles. The molecule has 1 aromatic carbocycles. The number of hydrogen-bond acceptors (Lipinski definition) is 2. The molecule has 2 fully saturated rings. The van der Waals surface area contributed by atoms with Crippen molar-refractivity contribution in [2.24, 2.45) is 0 Å². The molecule has 0 N–H and O–H groups in total. The average Bonchev–Trinajstić information content (AvgIpc) is 2.84. The Labute approximate surface area is 120 Å². The molecule has 0 aliphatic carbocycles. The van der Waals surface area contributed by atoms with Crippen molar-refractivity contribution in [3.8, 4) is 0 Å². The predicted molar refractivity (Wildman–Crippen MR) is 78.4 cm³/mol. The smallest absolute Gasteiger partial charge is 0.222 e. The SMILES string of the molecule is Cc1cccc(CN2CC[C@]3(CCCO3)CCC2=O)c1. The third kappa shape index (κ3) is 2.88. The van der Waals surface area contributed by atoms with Gasteiger partial charge in [-0.1, -0.05) is 29.8 Å². The molecule has 3 rings (SSSR count). The van der Waals surface area contributed by atoms with Gasteiger partial charge in [-0.05, 0) is 38.2 Å². The molecule has 2 heterocycles. The molecule has 1 amide bonds. The third-order valence-electron chi connectivity index (χ3n) is 4.63. The number of nitrogens with zero attached hydrogens (tertiary/aromatic N) is 1. The molecule has 1 atom stereocenters. The number of likely N-dealkylation sites (tertiary alicyclic amines) is 1. The summed E-state index contributed by atoms with van der Waals surface area (Å²) in [6.45, 7) is 4.52. The highest BCUT2D eigenvalue weighted by atomic mass is 16.5. The second kappa shape index (κ2) is 5.57. The van der Waals surface area contributed by atoms with E-state index < -0.39 is 0 Å². The van der Waals surface area contributed by atoms with E-state index in [2.05, 4.69) is 31.2 Å². The summed E-state index contributed by atoms with van der Waals surface area (Å²) in [5.74, 6) is 0.277. The Morgan fingerprint density at radius 1 is 1.30 bits per heavy atom. The summed E-state index contributed by atoms with van der Waals surface area (Å²) in [7, 11) is 0. The van der Waals surface area contributed by atoms with Gasteiger partial charge >= 0.3 is 0 Å². The van der Waals surface area contributed by atoms with E-state index in [-0.39, 0.29) is 11.5 Å². The molecule has 0 bridgehead atoms.